The van der Waals surface area contributed by atoms with Crippen LogP contribution in [0.1, 0.15) is 27.7 Å². The van der Waals surface area contributed by atoms with Crippen molar-refractivity contribution in [1.29, 1.82) is 0 Å². The third-order valence-corrected chi connectivity index (χ3v) is 3.94. The Morgan fingerprint density at radius 2 is 1.79 bits per heavy atom. The van der Waals surface area contributed by atoms with Gasteiger partial charge in [-0.3, -0.25) is 0 Å². The zero-order valence-corrected chi connectivity index (χ0v) is 9.92. The molecule has 2 N–H and O–H groups in total. The van der Waals surface area contributed by atoms with Crippen LogP contribution in [0.15, 0.2) is 0 Å². The summed E-state index contributed by atoms with van der Waals surface area (Å²) in [4.78, 5) is 0. The monoisotopic (exact) mass is 201 g/mol. The predicted molar refractivity (Wildman–Crippen MR) is 57.2 cm³/mol. The topological polar surface area (TPSA) is 41.5 Å². The quantitative estimate of drug-likeness (QED) is 0.698. The highest BCUT2D eigenvalue weighted by atomic mass is 16.5. The average molecular weight is 201 g/mol. The largest absolute Gasteiger partial charge is 0.389 e. The molecule has 0 heterocycles. The second kappa shape index (κ2) is 3.80. The highest BCUT2D eigenvalue weighted by molar-refractivity contribution is 5.17. The van der Waals surface area contributed by atoms with Gasteiger partial charge in [0, 0.05) is 19.7 Å². The maximum Gasteiger partial charge on any atom is 0.0897 e. The number of methoxy groups -OCH3 is 1. The van der Waals surface area contributed by atoms with Crippen molar-refractivity contribution in [2.75, 3.05) is 20.3 Å². The minimum Gasteiger partial charge on any atom is -0.389 e. The number of rotatable bonds is 5. The average Bonchev–Trinajstić information content (AvgIpc) is 2.41. The van der Waals surface area contributed by atoms with Crippen LogP contribution in [0.2, 0.25) is 0 Å². The van der Waals surface area contributed by atoms with Gasteiger partial charge in [-0.1, -0.05) is 27.7 Å². The van der Waals surface area contributed by atoms with Gasteiger partial charge < -0.3 is 15.2 Å². The molecular weight excluding hydrogens is 178 g/mol. The van der Waals surface area contributed by atoms with Crippen molar-refractivity contribution in [2.24, 2.45) is 10.8 Å². The Morgan fingerprint density at radius 3 is 2.14 bits per heavy atom. The molecule has 14 heavy (non-hydrogen) atoms. The number of hydrogen-bond acceptors (Lipinski definition) is 3. The number of ether oxygens (including phenoxy) is 1. The van der Waals surface area contributed by atoms with Crippen LogP contribution >= 0.6 is 0 Å². The van der Waals surface area contributed by atoms with E-state index in [1.165, 1.54) is 0 Å². The summed E-state index contributed by atoms with van der Waals surface area (Å²) in [6.07, 6.45) is -0.396. The molecule has 3 heteroatoms. The molecule has 1 saturated carbocycles. The Hall–Kier alpha value is -0.120. The second-order valence-corrected chi connectivity index (χ2v) is 5.39. The molecule has 1 fully saturated rings. The van der Waals surface area contributed by atoms with Crippen LogP contribution in [-0.2, 0) is 4.74 Å². The van der Waals surface area contributed by atoms with Gasteiger partial charge in [0.25, 0.3) is 0 Å². The van der Waals surface area contributed by atoms with Crippen molar-refractivity contribution >= 4 is 0 Å². The fraction of sp³-hybridized carbons (Fsp3) is 1.00. The summed E-state index contributed by atoms with van der Waals surface area (Å²) in [5, 5.41) is 12.9. The summed E-state index contributed by atoms with van der Waals surface area (Å²) in [7, 11) is 1.61. The van der Waals surface area contributed by atoms with Crippen molar-refractivity contribution < 1.29 is 9.84 Å². The molecule has 0 aliphatic heterocycles. The van der Waals surface area contributed by atoms with Crippen LogP contribution in [0.25, 0.3) is 0 Å². The molecule has 1 atom stereocenters. The molecule has 0 saturated heterocycles. The fourth-order valence-corrected chi connectivity index (χ4v) is 2.21. The molecule has 0 aromatic carbocycles. The van der Waals surface area contributed by atoms with Crippen molar-refractivity contribution in [3.8, 4) is 0 Å². The zero-order chi connectivity index (χ0) is 11.0. The van der Waals surface area contributed by atoms with Gasteiger partial charge in [0.2, 0.25) is 0 Å². The zero-order valence-electron chi connectivity index (χ0n) is 9.92. The molecule has 1 unspecified atom stereocenters. The third kappa shape index (κ3) is 1.95. The van der Waals surface area contributed by atoms with Crippen LogP contribution < -0.4 is 5.32 Å². The highest BCUT2D eigenvalue weighted by Crippen LogP contribution is 2.62. The maximum atomic E-state index is 9.48. The van der Waals surface area contributed by atoms with E-state index in [2.05, 4.69) is 33.0 Å². The lowest BCUT2D eigenvalue weighted by Crippen LogP contribution is -2.33. The normalized spacial score (nSPS) is 26.1. The summed E-state index contributed by atoms with van der Waals surface area (Å²) in [6, 6.07) is 0.501. The van der Waals surface area contributed by atoms with Gasteiger partial charge in [0.1, 0.15) is 0 Å². The first-order valence-electron chi connectivity index (χ1n) is 5.24. The predicted octanol–water partition coefficient (Wildman–Crippen LogP) is 1.02. The van der Waals surface area contributed by atoms with Gasteiger partial charge in [-0.25, -0.2) is 0 Å². The molecule has 0 radical (unpaired) electrons. The SMILES string of the molecule is COCC(O)CNC1C(C)(C)C1(C)C. The van der Waals surface area contributed by atoms with E-state index in [4.69, 9.17) is 4.74 Å². The molecule has 1 rings (SSSR count). The summed E-state index contributed by atoms with van der Waals surface area (Å²) in [5.74, 6) is 0. The molecular formula is C11H23NO2. The van der Waals surface area contributed by atoms with Gasteiger partial charge in [-0.05, 0) is 10.8 Å². The molecule has 1 aliphatic carbocycles. The molecule has 3 nitrogen and oxygen atoms in total. The van der Waals surface area contributed by atoms with Crippen LogP contribution in [0.3, 0.4) is 0 Å². The van der Waals surface area contributed by atoms with E-state index in [0.717, 1.165) is 0 Å². The Kier molecular flexibility index (Phi) is 3.24. The number of nitrogens with one attached hydrogen (secondary N) is 1. The van der Waals surface area contributed by atoms with Gasteiger partial charge >= 0.3 is 0 Å². The molecule has 0 bridgehead atoms. The van der Waals surface area contributed by atoms with Gasteiger partial charge in [0.05, 0.1) is 12.7 Å². The first-order valence-corrected chi connectivity index (χ1v) is 5.24. The van der Waals surface area contributed by atoms with E-state index in [9.17, 15) is 5.11 Å². The molecule has 0 spiro atoms. The lowest BCUT2D eigenvalue weighted by molar-refractivity contribution is 0.0636. The summed E-state index contributed by atoms with van der Waals surface area (Å²) in [5.41, 5.74) is 0.666. The van der Waals surface area contributed by atoms with Crippen LogP contribution in [0.4, 0.5) is 0 Å². The van der Waals surface area contributed by atoms with Crippen molar-refractivity contribution in [3.05, 3.63) is 0 Å². The number of aliphatic hydroxyl groups is 1. The Bertz CT molecular complexity index is 187. The lowest BCUT2D eigenvalue weighted by atomic mass is 10.0. The van der Waals surface area contributed by atoms with Crippen molar-refractivity contribution in [1.82, 2.24) is 5.32 Å². The van der Waals surface area contributed by atoms with Gasteiger partial charge in [0.15, 0.2) is 0 Å². The fourth-order valence-electron chi connectivity index (χ4n) is 2.21. The van der Waals surface area contributed by atoms with Crippen molar-refractivity contribution in [2.45, 2.75) is 39.8 Å². The minimum atomic E-state index is -0.396. The van der Waals surface area contributed by atoms with E-state index >= 15 is 0 Å². The minimum absolute atomic E-state index is 0.333. The van der Waals surface area contributed by atoms with Crippen molar-refractivity contribution in [3.63, 3.8) is 0 Å². The smallest absolute Gasteiger partial charge is 0.0897 e. The van der Waals surface area contributed by atoms with Crippen LogP contribution in [0, 0.1) is 10.8 Å². The van der Waals surface area contributed by atoms with E-state index < -0.39 is 6.10 Å². The Morgan fingerprint density at radius 1 is 1.29 bits per heavy atom. The molecule has 0 aromatic heterocycles. The number of aliphatic hydroxyl groups excluding tert-OH is 1. The summed E-state index contributed by atoms with van der Waals surface area (Å²) < 4.78 is 4.87. The molecule has 1 aliphatic rings. The highest BCUT2D eigenvalue weighted by Gasteiger charge is 2.64. The van der Waals surface area contributed by atoms with E-state index in [0.29, 0.717) is 30.0 Å². The van der Waals surface area contributed by atoms with Gasteiger partial charge in [-0.2, -0.15) is 0 Å². The summed E-state index contributed by atoms with van der Waals surface area (Å²) >= 11 is 0. The first kappa shape index (κ1) is 12.0. The number of hydrogen-bond donors (Lipinski definition) is 2. The Labute approximate surface area is 86.8 Å². The van der Waals surface area contributed by atoms with E-state index in [1.807, 2.05) is 0 Å². The molecule has 0 aromatic rings. The second-order valence-electron chi connectivity index (χ2n) is 5.39. The first-order chi connectivity index (χ1) is 6.34. The van der Waals surface area contributed by atoms with Gasteiger partial charge in [-0.15, -0.1) is 0 Å². The van der Waals surface area contributed by atoms with Crippen LogP contribution in [0.5, 0.6) is 0 Å². The third-order valence-electron chi connectivity index (χ3n) is 3.94. The van der Waals surface area contributed by atoms with E-state index in [-0.39, 0.29) is 0 Å². The maximum absolute atomic E-state index is 9.48. The van der Waals surface area contributed by atoms with Crippen LogP contribution in [-0.4, -0.2) is 37.5 Å². The molecule has 84 valence electrons. The standard InChI is InChI=1S/C11H23NO2/c1-10(2)9(11(10,3)4)12-6-8(13)7-14-5/h8-9,12-13H,6-7H2,1-5H3. The van der Waals surface area contributed by atoms with E-state index in [1.54, 1.807) is 7.11 Å². The lowest BCUT2D eigenvalue weighted by Gasteiger charge is -2.11. The Balaban J connectivity index is 2.28. The summed E-state index contributed by atoms with van der Waals surface area (Å²) in [6.45, 7) is 10.0. The molecule has 0 amide bonds.